The maximum absolute atomic E-state index is 13.7. The van der Waals surface area contributed by atoms with Crippen molar-refractivity contribution in [2.24, 2.45) is 11.1 Å². The second-order valence-corrected chi connectivity index (χ2v) is 6.15. The van der Waals surface area contributed by atoms with Crippen LogP contribution in [0.2, 0.25) is 0 Å². The molecule has 0 atom stereocenters. The SMILES string of the molecule is CN(Cc1cc(Br)ccc1F)C(=O)C1(CN)CCC1. The normalized spacial score (nSPS) is 16.8. The number of hydrogen-bond donors (Lipinski definition) is 1. The molecule has 2 N–H and O–H groups in total. The Labute approximate surface area is 121 Å². The van der Waals surface area contributed by atoms with Crippen LogP contribution in [0.15, 0.2) is 22.7 Å². The summed E-state index contributed by atoms with van der Waals surface area (Å²) >= 11 is 3.31. The Hall–Kier alpha value is -0.940. The van der Waals surface area contributed by atoms with Gasteiger partial charge in [-0.05, 0) is 31.0 Å². The van der Waals surface area contributed by atoms with Gasteiger partial charge in [0, 0.05) is 30.2 Å². The monoisotopic (exact) mass is 328 g/mol. The fourth-order valence-electron chi connectivity index (χ4n) is 2.51. The second kappa shape index (κ2) is 5.59. The molecule has 104 valence electrons. The van der Waals surface area contributed by atoms with Gasteiger partial charge in [-0.1, -0.05) is 22.4 Å². The van der Waals surface area contributed by atoms with Crippen LogP contribution in [0.1, 0.15) is 24.8 Å². The van der Waals surface area contributed by atoms with Crippen LogP contribution in [0.4, 0.5) is 4.39 Å². The van der Waals surface area contributed by atoms with E-state index in [1.165, 1.54) is 6.07 Å². The first-order valence-electron chi connectivity index (χ1n) is 6.38. The molecule has 0 radical (unpaired) electrons. The average Bonchev–Trinajstić information content (AvgIpc) is 2.33. The first-order chi connectivity index (χ1) is 8.98. The maximum atomic E-state index is 13.7. The maximum Gasteiger partial charge on any atom is 0.230 e. The summed E-state index contributed by atoms with van der Waals surface area (Å²) in [6.07, 6.45) is 2.73. The Bertz CT molecular complexity index is 483. The molecule has 5 heteroatoms. The summed E-state index contributed by atoms with van der Waals surface area (Å²) in [6.45, 7) is 0.642. The van der Waals surface area contributed by atoms with Crippen LogP contribution in [-0.4, -0.2) is 24.4 Å². The molecule has 0 aromatic heterocycles. The molecular formula is C14H18BrFN2O. The van der Waals surface area contributed by atoms with Crippen LogP contribution < -0.4 is 5.73 Å². The lowest BCUT2D eigenvalue weighted by molar-refractivity contribution is -0.145. The van der Waals surface area contributed by atoms with E-state index in [2.05, 4.69) is 15.9 Å². The molecule has 19 heavy (non-hydrogen) atoms. The number of benzene rings is 1. The zero-order valence-electron chi connectivity index (χ0n) is 11.0. The highest BCUT2D eigenvalue weighted by Gasteiger charge is 2.44. The number of halogens is 2. The van der Waals surface area contributed by atoms with Gasteiger partial charge >= 0.3 is 0 Å². The number of nitrogens with zero attached hydrogens (tertiary/aromatic N) is 1. The van der Waals surface area contributed by atoms with Crippen molar-refractivity contribution in [3.8, 4) is 0 Å². The van der Waals surface area contributed by atoms with Gasteiger partial charge in [0.25, 0.3) is 0 Å². The first kappa shape index (κ1) is 14.5. The van der Waals surface area contributed by atoms with Crippen molar-refractivity contribution in [2.45, 2.75) is 25.8 Å². The molecular weight excluding hydrogens is 311 g/mol. The molecule has 0 spiro atoms. The highest BCUT2D eigenvalue weighted by Crippen LogP contribution is 2.41. The van der Waals surface area contributed by atoms with Gasteiger partial charge in [0.15, 0.2) is 0 Å². The lowest BCUT2D eigenvalue weighted by Crippen LogP contribution is -2.50. The Morgan fingerprint density at radius 3 is 2.74 bits per heavy atom. The minimum absolute atomic E-state index is 0.0284. The predicted molar refractivity (Wildman–Crippen MR) is 75.9 cm³/mol. The summed E-state index contributed by atoms with van der Waals surface area (Å²) < 4.78 is 14.5. The second-order valence-electron chi connectivity index (χ2n) is 5.23. The summed E-state index contributed by atoms with van der Waals surface area (Å²) in [5.74, 6) is -0.265. The fourth-order valence-corrected chi connectivity index (χ4v) is 2.91. The van der Waals surface area contributed by atoms with Crippen LogP contribution >= 0.6 is 15.9 Å². The van der Waals surface area contributed by atoms with Gasteiger partial charge in [-0.15, -0.1) is 0 Å². The molecule has 0 heterocycles. The zero-order valence-corrected chi connectivity index (χ0v) is 12.5. The number of rotatable bonds is 4. The van der Waals surface area contributed by atoms with E-state index in [4.69, 9.17) is 5.73 Å². The molecule has 1 aliphatic carbocycles. The molecule has 0 bridgehead atoms. The lowest BCUT2D eigenvalue weighted by atomic mass is 9.68. The Kier molecular flexibility index (Phi) is 4.26. The number of hydrogen-bond acceptors (Lipinski definition) is 2. The average molecular weight is 329 g/mol. The standard InChI is InChI=1S/C14H18BrFN2O/c1-18(13(19)14(9-17)5-2-6-14)8-10-7-11(15)3-4-12(10)16/h3-4,7H,2,5-6,8-9,17H2,1H3. The Morgan fingerprint density at radius 1 is 1.53 bits per heavy atom. The number of carbonyl (C=O) groups excluding carboxylic acids is 1. The number of carbonyl (C=O) groups is 1. The third kappa shape index (κ3) is 2.82. The van der Waals surface area contributed by atoms with Crippen LogP contribution in [0.3, 0.4) is 0 Å². The van der Waals surface area contributed by atoms with E-state index in [1.54, 1.807) is 24.1 Å². The van der Waals surface area contributed by atoms with Gasteiger partial charge in [0.05, 0.1) is 5.41 Å². The number of amides is 1. The highest BCUT2D eigenvalue weighted by atomic mass is 79.9. The fraction of sp³-hybridized carbons (Fsp3) is 0.500. The smallest absolute Gasteiger partial charge is 0.230 e. The summed E-state index contributed by atoms with van der Waals surface area (Å²) in [4.78, 5) is 14.0. The van der Waals surface area contributed by atoms with E-state index in [0.717, 1.165) is 23.7 Å². The van der Waals surface area contributed by atoms with Crippen molar-refractivity contribution in [3.63, 3.8) is 0 Å². The van der Waals surface area contributed by atoms with Crippen molar-refractivity contribution in [1.82, 2.24) is 4.90 Å². The molecule has 0 aliphatic heterocycles. The van der Waals surface area contributed by atoms with Crippen LogP contribution in [0.25, 0.3) is 0 Å². The molecule has 1 aromatic rings. The summed E-state index contributed by atoms with van der Waals surface area (Å²) in [5.41, 5.74) is 5.83. The molecule has 1 saturated carbocycles. The first-order valence-corrected chi connectivity index (χ1v) is 7.17. The highest BCUT2D eigenvalue weighted by molar-refractivity contribution is 9.10. The third-order valence-corrected chi connectivity index (χ3v) is 4.41. The molecule has 0 saturated heterocycles. The van der Waals surface area contributed by atoms with Crippen LogP contribution in [-0.2, 0) is 11.3 Å². The molecule has 2 rings (SSSR count). The largest absolute Gasteiger partial charge is 0.341 e. The topological polar surface area (TPSA) is 46.3 Å². The Balaban J connectivity index is 2.10. The molecule has 1 amide bonds. The van der Waals surface area contributed by atoms with E-state index in [9.17, 15) is 9.18 Å². The summed E-state index contributed by atoms with van der Waals surface area (Å²) in [6, 6.07) is 4.75. The van der Waals surface area contributed by atoms with E-state index >= 15 is 0 Å². The van der Waals surface area contributed by atoms with Crippen molar-refractivity contribution in [1.29, 1.82) is 0 Å². The van der Waals surface area contributed by atoms with Gasteiger partial charge < -0.3 is 10.6 Å². The van der Waals surface area contributed by atoms with E-state index < -0.39 is 5.41 Å². The van der Waals surface area contributed by atoms with Crippen molar-refractivity contribution in [3.05, 3.63) is 34.1 Å². The molecule has 1 fully saturated rings. The summed E-state index contributed by atoms with van der Waals surface area (Å²) in [7, 11) is 1.71. The molecule has 1 aliphatic rings. The summed E-state index contributed by atoms with van der Waals surface area (Å²) in [5, 5.41) is 0. The van der Waals surface area contributed by atoms with E-state index in [0.29, 0.717) is 12.1 Å². The molecule has 0 unspecified atom stereocenters. The third-order valence-electron chi connectivity index (χ3n) is 3.92. The van der Waals surface area contributed by atoms with Gasteiger partial charge in [-0.2, -0.15) is 0 Å². The van der Waals surface area contributed by atoms with Crippen molar-refractivity contribution in [2.75, 3.05) is 13.6 Å². The predicted octanol–water partition coefficient (Wildman–Crippen LogP) is 2.68. The number of nitrogens with two attached hydrogens (primary N) is 1. The van der Waals surface area contributed by atoms with Crippen molar-refractivity contribution < 1.29 is 9.18 Å². The molecule has 1 aromatic carbocycles. The van der Waals surface area contributed by atoms with E-state index in [1.807, 2.05) is 0 Å². The lowest BCUT2D eigenvalue weighted by Gasteiger charge is -2.41. The minimum atomic E-state index is -0.406. The zero-order chi connectivity index (χ0) is 14.0. The Morgan fingerprint density at radius 2 is 2.21 bits per heavy atom. The van der Waals surface area contributed by atoms with Gasteiger partial charge in [0.2, 0.25) is 5.91 Å². The van der Waals surface area contributed by atoms with Gasteiger partial charge in [-0.25, -0.2) is 4.39 Å². The van der Waals surface area contributed by atoms with Gasteiger partial charge in [-0.3, -0.25) is 4.79 Å². The quantitative estimate of drug-likeness (QED) is 0.923. The van der Waals surface area contributed by atoms with Crippen LogP contribution in [0, 0.1) is 11.2 Å². The molecule has 3 nitrogen and oxygen atoms in total. The van der Waals surface area contributed by atoms with Gasteiger partial charge in [0.1, 0.15) is 5.82 Å². The minimum Gasteiger partial charge on any atom is -0.341 e. The van der Waals surface area contributed by atoms with Crippen molar-refractivity contribution >= 4 is 21.8 Å². The van der Waals surface area contributed by atoms with E-state index in [-0.39, 0.29) is 18.3 Å². The van der Waals surface area contributed by atoms with Crippen LogP contribution in [0.5, 0.6) is 0 Å².